The standard InChI is InChI=1S/C20H21N5OS/c1-4-9-25-12(2)10-15(13(25)3)17-11-27-20(21-17)22-19(26)18-14-7-5-6-8-16(14)23-24-18/h5-8,10-11H,4,9H2,1-3H3,(H,23,24)(H,21,22,26). The summed E-state index contributed by atoms with van der Waals surface area (Å²) < 4.78 is 2.31. The molecule has 1 amide bonds. The lowest BCUT2D eigenvalue weighted by atomic mass is 10.2. The molecule has 0 radical (unpaired) electrons. The molecule has 3 aromatic heterocycles. The molecule has 6 nitrogen and oxygen atoms in total. The number of amides is 1. The molecule has 27 heavy (non-hydrogen) atoms. The molecular formula is C20H21N5OS. The molecule has 0 aliphatic rings. The first-order valence-corrected chi connectivity index (χ1v) is 9.83. The van der Waals surface area contributed by atoms with Crippen LogP contribution in [0, 0.1) is 13.8 Å². The van der Waals surface area contributed by atoms with Gasteiger partial charge in [-0.25, -0.2) is 4.98 Å². The number of fused-ring (bicyclic) bond motifs is 1. The normalized spacial score (nSPS) is 11.2. The van der Waals surface area contributed by atoms with E-state index in [-0.39, 0.29) is 5.91 Å². The van der Waals surface area contributed by atoms with Gasteiger partial charge in [0.15, 0.2) is 10.8 Å². The average Bonchev–Trinajstić information content (AvgIpc) is 3.35. The second kappa shape index (κ2) is 7.00. The first kappa shape index (κ1) is 17.5. The smallest absolute Gasteiger partial charge is 0.278 e. The maximum atomic E-state index is 12.6. The highest BCUT2D eigenvalue weighted by molar-refractivity contribution is 7.14. The molecule has 138 valence electrons. The molecule has 4 aromatic rings. The van der Waals surface area contributed by atoms with Crippen LogP contribution in [-0.4, -0.2) is 25.7 Å². The summed E-state index contributed by atoms with van der Waals surface area (Å²) in [7, 11) is 0. The summed E-state index contributed by atoms with van der Waals surface area (Å²) >= 11 is 1.42. The molecular weight excluding hydrogens is 358 g/mol. The topological polar surface area (TPSA) is 75.6 Å². The highest BCUT2D eigenvalue weighted by atomic mass is 32.1. The monoisotopic (exact) mass is 379 g/mol. The Balaban J connectivity index is 1.58. The molecule has 0 saturated carbocycles. The van der Waals surface area contributed by atoms with E-state index in [1.54, 1.807) is 0 Å². The lowest BCUT2D eigenvalue weighted by molar-refractivity contribution is 0.102. The van der Waals surface area contributed by atoms with Gasteiger partial charge in [-0.3, -0.25) is 15.2 Å². The number of H-pyrrole nitrogens is 1. The fraction of sp³-hybridized carbons (Fsp3) is 0.250. The van der Waals surface area contributed by atoms with Gasteiger partial charge >= 0.3 is 0 Å². The number of rotatable bonds is 5. The number of hydrogen-bond donors (Lipinski definition) is 2. The number of aromatic nitrogens is 4. The lowest BCUT2D eigenvalue weighted by Gasteiger charge is -2.07. The molecule has 3 heterocycles. The van der Waals surface area contributed by atoms with Crippen LogP contribution in [0.4, 0.5) is 5.13 Å². The number of benzene rings is 1. The Kier molecular flexibility index (Phi) is 4.53. The molecule has 0 bridgehead atoms. The minimum Gasteiger partial charge on any atom is -0.348 e. The third kappa shape index (κ3) is 3.14. The number of nitrogens with one attached hydrogen (secondary N) is 2. The number of aryl methyl sites for hydroxylation is 1. The molecule has 0 saturated heterocycles. The Bertz CT molecular complexity index is 1120. The van der Waals surface area contributed by atoms with Crippen molar-refractivity contribution < 1.29 is 4.79 Å². The Hall–Kier alpha value is -2.93. The first-order valence-electron chi connectivity index (χ1n) is 8.95. The van der Waals surface area contributed by atoms with Crippen LogP contribution in [0.15, 0.2) is 35.7 Å². The van der Waals surface area contributed by atoms with Gasteiger partial charge in [0.1, 0.15) is 0 Å². The fourth-order valence-electron chi connectivity index (χ4n) is 3.38. The van der Waals surface area contributed by atoms with Gasteiger partial charge in [-0.1, -0.05) is 25.1 Å². The van der Waals surface area contributed by atoms with E-state index in [4.69, 9.17) is 0 Å². The first-order chi connectivity index (χ1) is 13.1. The number of thiazole rings is 1. The molecule has 0 aliphatic heterocycles. The van der Waals surface area contributed by atoms with E-state index in [2.05, 4.69) is 51.9 Å². The van der Waals surface area contributed by atoms with Gasteiger partial charge in [0.2, 0.25) is 0 Å². The van der Waals surface area contributed by atoms with Gasteiger partial charge in [-0.05, 0) is 32.4 Å². The van der Waals surface area contributed by atoms with Crippen molar-refractivity contribution in [1.82, 2.24) is 19.7 Å². The number of anilines is 1. The van der Waals surface area contributed by atoms with E-state index < -0.39 is 0 Å². The number of hydrogen-bond acceptors (Lipinski definition) is 4. The van der Waals surface area contributed by atoms with Crippen LogP contribution in [0.3, 0.4) is 0 Å². The second-order valence-electron chi connectivity index (χ2n) is 6.55. The van der Waals surface area contributed by atoms with Gasteiger partial charge in [0.25, 0.3) is 5.91 Å². The molecule has 0 spiro atoms. The van der Waals surface area contributed by atoms with E-state index >= 15 is 0 Å². The van der Waals surface area contributed by atoms with Gasteiger partial charge in [-0.15, -0.1) is 11.3 Å². The summed E-state index contributed by atoms with van der Waals surface area (Å²) in [6.45, 7) is 7.40. The molecule has 0 atom stereocenters. The minimum atomic E-state index is -0.259. The number of carbonyl (C=O) groups is 1. The summed E-state index contributed by atoms with van der Waals surface area (Å²) in [5, 5.41) is 13.3. The molecule has 1 aromatic carbocycles. The Labute approximate surface area is 161 Å². The van der Waals surface area contributed by atoms with Crippen LogP contribution in [0.5, 0.6) is 0 Å². The van der Waals surface area contributed by atoms with Crippen molar-refractivity contribution in [3.63, 3.8) is 0 Å². The number of nitrogens with zero attached hydrogens (tertiary/aromatic N) is 3. The van der Waals surface area contributed by atoms with Crippen molar-refractivity contribution in [2.45, 2.75) is 33.7 Å². The van der Waals surface area contributed by atoms with Crippen molar-refractivity contribution in [3.05, 3.63) is 52.8 Å². The number of para-hydroxylation sites is 1. The van der Waals surface area contributed by atoms with Gasteiger partial charge in [0.05, 0.1) is 11.2 Å². The van der Waals surface area contributed by atoms with Gasteiger partial charge < -0.3 is 4.57 Å². The van der Waals surface area contributed by atoms with Crippen molar-refractivity contribution in [2.75, 3.05) is 5.32 Å². The summed E-state index contributed by atoms with van der Waals surface area (Å²) in [5.74, 6) is -0.259. The van der Waals surface area contributed by atoms with E-state index in [0.29, 0.717) is 10.8 Å². The minimum absolute atomic E-state index is 0.259. The second-order valence-corrected chi connectivity index (χ2v) is 7.40. The Morgan fingerprint density at radius 1 is 1.30 bits per heavy atom. The lowest BCUT2D eigenvalue weighted by Crippen LogP contribution is -2.12. The SMILES string of the molecule is CCCn1c(C)cc(-c2csc(NC(=O)c3n[nH]c4ccccc34)n2)c1C. The predicted octanol–water partition coefficient (Wildman–Crippen LogP) is 4.77. The average molecular weight is 379 g/mol. The van der Waals surface area contributed by atoms with Crippen LogP contribution < -0.4 is 5.32 Å². The van der Waals surface area contributed by atoms with Gasteiger partial charge in [-0.2, -0.15) is 5.10 Å². The molecule has 7 heteroatoms. The molecule has 4 rings (SSSR count). The Morgan fingerprint density at radius 3 is 2.93 bits per heavy atom. The number of carbonyl (C=O) groups excluding carboxylic acids is 1. The van der Waals surface area contributed by atoms with E-state index in [9.17, 15) is 4.79 Å². The zero-order valence-electron chi connectivity index (χ0n) is 15.5. The summed E-state index contributed by atoms with van der Waals surface area (Å²) in [6.07, 6.45) is 1.09. The highest BCUT2D eigenvalue weighted by Gasteiger charge is 2.17. The molecule has 0 aliphatic carbocycles. The molecule has 0 fully saturated rings. The predicted molar refractivity (Wildman–Crippen MR) is 109 cm³/mol. The van der Waals surface area contributed by atoms with E-state index in [0.717, 1.165) is 35.1 Å². The fourth-order valence-corrected chi connectivity index (χ4v) is 4.08. The maximum absolute atomic E-state index is 12.6. The van der Waals surface area contributed by atoms with Gasteiger partial charge in [0, 0.05) is 34.3 Å². The van der Waals surface area contributed by atoms with Crippen molar-refractivity contribution in [2.24, 2.45) is 0 Å². The summed E-state index contributed by atoms with van der Waals surface area (Å²) in [6, 6.07) is 9.73. The van der Waals surface area contributed by atoms with Crippen molar-refractivity contribution in [3.8, 4) is 11.3 Å². The van der Waals surface area contributed by atoms with Crippen LogP contribution >= 0.6 is 11.3 Å². The quantitative estimate of drug-likeness (QED) is 0.524. The number of aromatic amines is 1. The third-order valence-corrected chi connectivity index (χ3v) is 5.46. The van der Waals surface area contributed by atoms with Crippen LogP contribution in [0.1, 0.15) is 35.2 Å². The third-order valence-electron chi connectivity index (χ3n) is 4.71. The summed E-state index contributed by atoms with van der Waals surface area (Å²) in [5.41, 5.74) is 5.65. The van der Waals surface area contributed by atoms with Crippen LogP contribution in [0.2, 0.25) is 0 Å². The van der Waals surface area contributed by atoms with E-state index in [1.807, 2.05) is 29.6 Å². The van der Waals surface area contributed by atoms with Crippen LogP contribution in [-0.2, 0) is 6.54 Å². The zero-order chi connectivity index (χ0) is 19.0. The summed E-state index contributed by atoms with van der Waals surface area (Å²) in [4.78, 5) is 17.2. The molecule has 2 N–H and O–H groups in total. The van der Waals surface area contributed by atoms with Crippen LogP contribution in [0.25, 0.3) is 22.2 Å². The zero-order valence-corrected chi connectivity index (χ0v) is 16.4. The van der Waals surface area contributed by atoms with Crippen molar-refractivity contribution in [1.29, 1.82) is 0 Å². The highest BCUT2D eigenvalue weighted by Crippen LogP contribution is 2.30. The Morgan fingerprint density at radius 2 is 2.11 bits per heavy atom. The largest absolute Gasteiger partial charge is 0.348 e. The molecule has 0 unspecified atom stereocenters. The maximum Gasteiger partial charge on any atom is 0.278 e. The van der Waals surface area contributed by atoms with E-state index in [1.165, 1.54) is 22.7 Å². The van der Waals surface area contributed by atoms with Crippen molar-refractivity contribution >= 4 is 33.3 Å².